The molecule has 2 amide bonds. The molecule has 0 fully saturated rings. The molecule has 0 saturated heterocycles. The van der Waals surface area contributed by atoms with E-state index in [-0.39, 0.29) is 18.3 Å². The Morgan fingerprint density at radius 1 is 1.39 bits per heavy atom. The van der Waals surface area contributed by atoms with E-state index in [1.165, 1.54) is 0 Å². The third kappa shape index (κ3) is 8.34. The molecule has 0 unspecified atom stereocenters. The normalized spacial score (nSPS) is 12.4. The smallest absolute Gasteiger partial charge is 0.422 e. The fourth-order valence-corrected chi connectivity index (χ4v) is 0.872. The Balaban J connectivity index is 3.95. The van der Waals surface area contributed by atoms with Gasteiger partial charge in [-0.3, -0.25) is 15.6 Å². The summed E-state index contributed by atoms with van der Waals surface area (Å²) in [7, 11) is 0. The van der Waals surface area contributed by atoms with Crippen LogP contribution in [0.3, 0.4) is 0 Å². The maximum absolute atomic E-state index is 11.4. The first-order valence-corrected chi connectivity index (χ1v) is 5.47. The highest BCUT2D eigenvalue weighted by atomic mass is 16.6. The van der Waals surface area contributed by atoms with Gasteiger partial charge >= 0.3 is 6.09 Å². The Kier molecular flexibility index (Phi) is 6.11. The summed E-state index contributed by atoms with van der Waals surface area (Å²) in [6, 6.07) is -0.670. The number of amides is 2. The predicted octanol–water partition coefficient (Wildman–Crippen LogP) is -0.544. The minimum Gasteiger partial charge on any atom is -0.443 e. The zero-order chi connectivity index (χ0) is 14.3. The topological polar surface area (TPSA) is 129 Å². The van der Waals surface area contributed by atoms with Crippen molar-refractivity contribution >= 4 is 17.8 Å². The Labute approximate surface area is 106 Å². The van der Waals surface area contributed by atoms with Crippen LogP contribution in [-0.2, 0) is 9.53 Å². The second-order valence-corrected chi connectivity index (χ2v) is 4.74. The van der Waals surface area contributed by atoms with Crippen LogP contribution in [0.4, 0.5) is 4.79 Å². The number of ether oxygens (including phenoxy) is 1. The Morgan fingerprint density at radius 3 is 2.39 bits per heavy atom. The van der Waals surface area contributed by atoms with E-state index in [9.17, 15) is 9.59 Å². The summed E-state index contributed by atoms with van der Waals surface area (Å²) in [5, 5.41) is 9.36. The van der Waals surface area contributed by atoms with Crippen LogP contribution < -0.4 is 21.9 Å². The summed E-state index contributed by atoms with van der Waals surface area (Å²) in [6.45, 7) is 6.71. The van der Waals surface area contributed by atoms with Crippen molar-refractivity contribution in [3.8, 4) is 0 Å². The van der Waals surface area contributed by atoms with Crippen molar-refractivity contribution in [3.05, 3.63) is 0 Å². The number of nitrogens with two attached hydrogens (primary N) is 1. The molecule has 0 radical (unpaired) electrons. The van der Waals surface area contributed by atoms with Gasteiger partial charge in [-0.15, -0.1) is 0 Å². The summed E-state index contributed by atoms with van der Waals surface area (Å²) in [5.41, 5.74) is 9.22. The van der Waals surface area contributed by atoms with E-state index in [1.807, 2.05) is 0 Å². The van der Waals surface area contributed by atoms with Crippen molar-refractivity contribution < 1.29 is 14.3 Å². The van der Waals surface area contributed by atoms with Crippen LogP contribution in [0, 0.1) is 5.41 Å². The quantitative estimate of drug-likeness (QED) is 0.257. The van der Waals surface area contributed by atoms with Crippen molar-refractivity contribution in [1.29, 1.82) is 5.41 Å². The van der Waals surface area contributed by atoms with Crippen molar-refractivity contribution in [2.45, 2.75) is 39.3 Å². The van der Waals surface area contributed by atoms with Crippen LogP contribution in [-0.4, -0.2) is 36.0 Å². The molecule has 0 aliphatic heterocycles. The molecule has 0 rings (SSSR count). The van der Waals surface area contributed by atoms with Gasteiger partial charge in [0.1, 0.15) is 17.5 Å². The Hall–Kier alpha value is -1.83. The molecule has 0 aromatic carbocycles. The van der Waals surface area contributed by atoms with Crippen LogP contribution in [0.1, 0.15) is 27.7 Å². The fraction of sp³-hybridized carbons (Fsp3) is 0.700. The number of hydrogen-bond donors (Lipinski definition) is 5. The number of hydrazine groups is 1. The summed E-state index contributed by atoms with van der Waals surface area (Å²) in [4.78, 5) is 22.7. The van der Waals surface area contributed by atoms with Gasteiger partial charge in [0.25, 0.3) is 0 Å². The van der Waals surface area contributed by atoms with Gasteiger partial charge in [0, 0.05) is 0 Å². The van der Waals surface area contributed by atoms with E-state index >= 15 is 0 Å². The molecule has 0 spiro atoms. The predicted molar refractivity (Wildman–Crippen MR) is 66.9 cm³/mol. The standard InChI is InChI=1S/C10H21N5O3/c1-6(8(16)13-5-7(11)12)14-15-9(17)18-10(2,3)4/h6,14H,5H2,1-4H3,(H3,11,12)(H,13,16)(H,15,17)/t6-/m0/s1. The van der Waals surface area contributed by atoms with Gasteiger partial charge in [-0.1, -0.05) is 0 Å². The van der Waals surface area contributed by atoms with Crippen molar-refractivity contribution in [1.82, 2.24) is 16.2 Å². The van der Waals surface area contributed by atoms with Gasteiger partial charge in [0.2, 0.25) is 5.91 Å². The zero-order valence-corrected chi connectivity index (χ0v) is 11.1. The first-order valence-electron chi connectivity index (χ1n) is 5.47. The first-order chi connectivity index (χ1) is 8.11. The maximum atomic E-state index is 11.4. The van der Waals surface area contributed by atoms with Crippen molar-refractivity contribution in [2.75, 3.05) is 6.54 Å². The lowest BCUT2D eigenvalue weighted by atomic mass is 10.2. The molecule has 0 aromatic heterocycles. The van der Waals surface area contributed by atoms with E-state index < -0.39 is 17.7 Å². The second-order valence-electron chi connectivity index (χ2n) is 4.74. The number of carbonyl (C=O) groups excluding carboxylic acids is 2. The maximum Gasteiger partial charge on any atom is 0.422 e. The largest absolute Gasteiger partial charge is 0.443 e. The Bertz CT molecular complexity index is 324. The van der Waals surface area contributed by atoms with Crippen molar-refractivity contribution in [3.63, 3.8) is 0 Å². The molecule has 0 heterocycles. The Morgan fingerprint density at radius 2 is 1.94 bits per heavy atom. The lowest BCUT2D eigenvalue weighted by Gasteiger charge is -2.21. The SMILES string of the molecule is C[C@H](NNC(=O)OC(C)(C)C)C(=O)NCC(=N)N. The monoisotopic (exact) mass is 259 g/mol. The van der Waals surface area contributed by atoms with Gasteiger partial charge in [0.15, 0.2) is 0 Å². The molecule has 8 nitrogen and oxygen atoms in total. The van der Waals surface area contributed by atoms with Crippen molar-refractivity contribution in [2.24, 2.45) is 5.73 Å². The highest BCUT2D eigenvalue weighted by Gasteiger charge is 2.18. The summed E-state index contributed by atoms with van der Waals surface area (Å²) in [6.07, 6.45) is -0.672. The van der Waals surface area contributed by atoms with Crippen LogP contribution in [0.2, 0.25) is 0 Å². The van der Waals surface area contributed by atoms with Gasteiger partial charge in [-0.05, 0) is 27.7 Å². The molecule has 0 aromatic rings. The van der Waals surface area contributed by atoms with Gasteiger partial charge in [-0.25, -0.2) is 10.2 Å². The van der Waals surface area contributed by atoms with Crippen LogP contribution in [0.15, 0.2) is 0 Å². The van der Waals surface area contributed by atoms with Crippen LogP contribution in [0.5, 0.6) is 0 Å². The zero-order valence-electron chi connectivity index (χ0n) is 11.1. The molecule has 0 aliphatic rings. The van der Waals surface area contributed by atoms with Gasteiger partial charge < -0.3 is 15.8 Å². The van der Waals surface area contributed by atoms with Crippen LogP contribution in [0.25, 0.3) is 0 Å². The number of amidine groups is 1. The molecular weight excluding hydrogens is 238 g/mol. The lowest BCUT2D eigenvalue weighted by Crippen LogP contribution is -2.52. The highest BCUT2D eigenvalue weighted by molar-refractivity contribution is 5.87. The van der Waals surface area contributed by atoms with E-state index in [0.717, 1.165) is 0 Å². The molecule has 18 heavy (non-hydrogen) atoms. The number of nitrogens with one attached hydrogen (secondary N) is 4. The first kappa shape index (κ1) is 16.2. The minimum absolute atomic E-state index is 0.0305. The lowest BCUT2D eigenvalue weighted by molar-refractivity contribution is -0.122. The number of carbonyl (C=O) groups is 2. The third-order valence-corrected chi connectivity index (χ3v) is 1.64. The summed E-state index contributed by atoms with van der Waals surface area (Å²) in [5.74, 6) is -0.531. The van der Waals surface area contributed by atoms with E-state index in [0.29, 0.717) is 0 Å². The fourth-order valence-electron chi connectivity index (χ4n) is 0.872. The number of hydrogen-bond acceptors (Lipinski definition) is 5. The van der Waals surface area contributed by atoms with E-state index in [2.05, 4.69) is 16.2 Å². The average molecular weight is 259 g/mol. The molecule has 1 atom stereocenters. The second kappa shape index (κ2) is 6.80. The molecule has 104 valence electrons. The van der Waals surface area contributed by atoms with Gasteiger partial charge in [-0.2, -0.15) is 0 Å². The molecule has 0 aliphatic carbocycles. The van der Waals surface area contributed by atoms with Gasteiger partial charge in [0.05, 0.1) is 6.54 Å². The molecular formula is C10H21N5O3. The molecule has 0 bridgehead atoms. The minimum atomic E-state index is -0.672. The summed E-state index contributed by atoms with van der Waals surface area (Å²) < 4.78 is 4.97. The van der Waals surface area contributed by atoms with E-state index in [1.54, 1.807) is 27.7 Å². The molecule has 0 saturated carbocycles. The average Bonchev–Trinajstić information content (AvgIpc) is 2.19. The molecule has 6 N–H and O–H groups in total. The van der Waals surface area contributed by atoms with E-state index in [4.69, 9.17) is 15.9 Å². The summed E-state index contributed by atoms with van der Waals surface area (Å²) >= 11 is 0. The highest BCUT2D eigenvalue weighted by Crippen LogP contribution is 2.05. The third-order valence-electron chi connectivity index (χ3n) is 1.64. The number of rotatable bonds is 5. The van der Waals surface area contributed by atoms with Crippen LogP contribution >= 0.6 is 0 Å². The molecule has 8 heteroatoms.